The molecule has 0 saturated carbocycles. The van der Waals surface area contributed by atoms with E-state index in [2.05, 4.69) is 19.8 Å². The first kappa shape index (κ1) is 29.7. The largest absolute Gasteiger partial charge is 0.436 e. The number of ether oxygens (including phenoxy) is 1. The summed E-state index contributed by atoms with van der Waals surface area (Å²) in [5, 5.41) is 4.55. The van der Waals surface area contributed by atoms with Crippen LogP contribution < -0.4 is 15.2 Å². The molecule has 3 aromatic heterocycles. The number of rotatable bonds is 9. The van der Waals surface area contributed by atoms with E-state index in [0.717, 1.165) is 18.9 Å². The second-order valence-corrected chi connectivity index (χ2v) is 12.3. The van der Waals surface area contributed by atoms with Gasteiger partial charge >= 0.3 is 0 Å². The molecule has 5 aromatic rings. The van der Waals surface area contributed by atoms with Gasteiger partial charge in [0.2, 0.25) is 27.6 Å². The van der Waals surface area contributed by atoms with Crippen LogP contribution in [0.15, 0.2) is 60.9 Å². The monoisotopic (exact) mass is 635 g/mol. The Morgan fingerprint density at radius 1 is 1.07 bits per heavy atom. The number of aromatic amines is 1. The molecule has 1 saturated heterocycles. The summed E-state index contributed by atoms with van der Waals surface area (Å²) in [6, 6.07) is 11.2. The van der Waals surface area contributed by atoms with Crippen molar-refractivity contribution in [1.82, 2.24) is 24.6 Å². The number of likely N-dealkylation sites (tertiary alicyclic amines) is 1. The summed E-state index contributed by atoms with van der Waals surface area (Å²) in [5.41, 5.74) is 7.41. The summed E-state index contributed by atoms with van der Waals surface area (Å²) < 4.78 is 63.1. The smallest absolute Gasteiger partial charge is 0.241 e. The number of pyridine rings is 1. The molecule has 2 aromatic carbocycles. The van der Waals surface area contributed by atoms with E-state index < -0.39 is 39.1 Å². The van der Waals surface area contributed by atoms with Crippen molar-refractivity contribution in [3.63, 3.8) is 0 Å². The van der Waals surface area contributed by atoms with Crippen LogP contribution >= 0.6 is 0 Å². The summed E-state index contributed by atoms with van der Waals surface area (Å²) in [4.78, 5) is 34.3. The number of hydrogen-bond donors (Lipinski definition) is 3. The fourth-order valence-electron chi connectivity index (χ4n) is 5.09. The molecule has 1 amide bonds. The minimum Gasteiger partial charge on any atom is -0.436 e. The summed E-state index contributed by atoms with van der Waals surface area (Å²) in [6.07, 6.45) is 4.32. The van der Waals surface area contributed by atoms with Gasteiger partial charge in [0.05, 0.1) is 35.0 Å². The highest BCUT2D eigenvalue weighted by Crippen LogP contribution is 2.29. The van der Waals surface area contributed by atoms with Crippen molar-refractivity contribution in [2.45, 2.75) is 19.8 Å². The number of fused-ring (bicyclic) bond motifs is 1. The summed E-state index contributed by atoms with van der Waals surface area (Å²) in [7, 11) is -4.19. The van der Waals surface area contributed by atoms with Crippen LogP contribution in [0.2, 0.25) is 0 Å². The lowest BCUT2D eigenvalue weighted by Gasteiger charge is -2.16. The Hall–Kier alpha value is -5.31. The predicted octanol–water partition coefficient (Wildman–Crippen LogP) is 4.30. The van der Waals surface area contributed by atoms with Crippen LogP contribution in [0.4, 0.5) is 20.3 Å². The Morgan fingerprint density at radius 2 is 1.82 bits per heavy atom. The van der Waals surface area contributed by atoms with E-state index in [0.29, 0.717) is 29.7 Å². The van der Waals surface area contributed by atoms with Gasteiger partial charge in [0.25, 0.3) is 0 Å². The van der Waals surface area contributed by atoms with E-state index in [1.165, 1.54) is 46.2 Å². The zero-order valence-corrected chi connectivity index (χ0v) is 24.7. The molecule has 1 aliphatic heterocycles. The molecular weight excluding hydrogens is 608 g/mol. The summed E-state index contributed by atoms with van der Waals surface area (Å²) in [6.45, 7) is 2.73. The van der Waals surface area contributed by atoms with Gasteiger partial charge in [0.1, 0.15) is 17.4 Å². The number of hydrogen-bond acceptors (Lipinski definition) is 8. The number of nitrogen functional groups attached to an aromatic ring is 1. The average molecular weight is 636 g/mol. The molecule has 1 fully saturated rings. The molecule has 15 heteroatoms. The molecule has 232 valence electrons. The van der Waals surface area contributed by atoms with Gasteiger partial charge in [-0.15, -0.1) is 0 Å². The molecule has 6 rings (SSSR count). The second-order valence-electron chi connectivity index (χ2n) is 10.6. The zero-order valence-electron chi connectivity index (χ0n) is 23.9. The first-order chi connectivity index (χ1) is 21.5. The number of nitrogens with one attached hydrogen (secondary N) is 2. The number of benzene rings is 2. The molecule has 0 spiro atoms. The highest BCUT2D eigenvalue weighted by molar-refractivity contribution is 7.93. The number of carbonyl (C=O) groups excluding carboxylic acids is 2. The van der Waals surface area contributed by atoms with Crippen LogP contribution in [0.25, 0.3) is 16.6 Å². The lowest BCUT2D eigenvalue weighted by atomic mass is 10.1. The Bertz CT molecular complexity index is 2070. The zero-order chi connectivity index (χ0) is 31.9. The fraction of sp³-hybridized carbons (Fsp3) is 0.200. The van der Waals surface area contributed by atoms with Crippen molar-refractivity contribution in [2.75, 3.05) is 29.3 Å². The Morgan fingerprint density at radius 3 is 2.56 bits per heavy atom. The number of amides is 1. The van der Waals surface area contributed by atoms with Gasteiger partial charge in [-0.2, -0.15) is 5.10 Å². The van der Waals surface area contributed by atoms with Crippen molar-refractivity contribution < 1.29 is 31.5 Å². The van der Waals surface area contributed by atoms with E-state index in [-0.39, 0.29) is 39.9 Å². The van der Waals surface area contributed by atoms with Gasteiger partial charge in [-0.05, 0) is 55.7 Å². The quantitative estimate of drug-likeness (QED) is 0.202. The molecule has 0 radical (unpaired) electrons. The maximum Gasteiger partial charge on any atom is 0.241 e. The van der Waals surface area contributed by atoms with Crippen LogP contribution in [0, 0.1) is 18.6 Å². The molecule has 0 aliphatic carbocycles. The lowest BCUT2D eigenvalue weighted by Crippen LogP contribution is -2.35. The van der Waals surface area contributed by atoms with Crippen molar-refractivity contribution in [3.8, 4) is 17.3 Å². The molecule has 1 aliphatic rings. The minimum atomic E-state index is -4.19. The topological polar surface area (TPSA) is 165 Å². The molecule has 4 heterocycles. The molecule has 0 unspecified atom stereocenters. The van der Waals surface area contributed by atoms with Crippen molar-refractivity contribution >= 4 is 44.1 Å². The Balaban J connectivity index is 1.21. The molecule has 12 nitrogen and oxygen atoms in total. The van der Waals surface area contributed by atoms with E-state index >= 15 is 0 Å². The summed E-state index contributed by atoms with van der Waals surface area (Å²) >= 11 is 0. The number of nitrogens with two attached hydrogens (primary N) is 1. The van der Waals surface area contributed by atoms with Crippen LogP contribution in [0.3, 0.4) is 0 Å². The van der Waals surface area contributed by atoms with Gasteiger partial charge in [0.15, 0.2) is 11.6 Å². The molecule has 4 N–H and O–H groups in total. The van der Waals surface area contributed by atoms with Crippen LogP contribution in [-0.4, -0.2) is 63.6 Å². The number of aromatic nitrogens is 4. The summed E-state index contributed by atoms with van der Waals surface area (Å²) in [5.74, 6) is -3.15. The number of carbonyl (C=O) groups is 2. The van der Waals surface area contributed by atoms with Gasteiger partial charge in [0, 0.05) is 30.1 Å². The van der Waals surface area contributed by atoms with Crippen LogP contribution in [0.5, 0.6) is 11.6 Å². The van der Waals surface area contributed by atoms with E-state index in [4.69, 9.17) is 10.5 Å². The second kappa shape index (κ2) is 11.6. The number of para-hydroxylation sites is 1. The first-order valence-corrected chi connectivity index (χ1v) is 15.5. The third-order valence-electron chi connectivity index (χ3n) is 7.38. The SMILES string of the molecule is Cc1cc(Oc2ccccc2F)ncc1-n1ncc(C(=O)c2cc3cc(F)c(NS(=O)(=O)CC(=O)N4CCCC4)cc3[nH]2)c1N. The number of anilines is 2. The lowest BCUT2D eigenvalue weighted by molar-refractivity contribution is -0.127. The van der Waals surface area contributed by atoms with Gasteiger partial charge in [-0.25, -0.2) is 26.9 Å². The average Bonchev–Trinajstić information content (AvgIpc) is 3.75. The van der Waals surface area contributed by atoms with Crippen LogP contribution in [0.1, 0.15) is 34.5 Å². The van der Waals surface area contributed by atoms with Crippen molar-refractivity contribution in [1.29, 1.82) is 0 Å². The maximum absolute atomic E-state index is 14.9. The number of halogens is 2. The van der Waals surface area contributed by atoms with E-state index in [1.807, 2.05) is 0 Å². The predicted molar refractivity (Wildman–Crippen MR) is 162 cm³/mol. The van der Waals surface area contributed by atoms with Gasteiger partial charge in [-0.1, -0.05) is 12.1 Å². The number of sulfonamides is 1. The molecule has 0 atom stereocenters. The third kappa shape index (κ3) is 6.06. The van der Waals surface area contributed by atoms with Gasteiger partial charge < -0.3 is 20.4 Å². The Labute approximate surface area is 255 Å². The standard InChI is InChI=1S/C30H27F2N7O5S/c1-17-10-27(44-26-7-3-2-6-20(26)31)34-15-25(17)39-30(33)19(14-35-39)29(41)24-12-18-11-21(32)23(13-22(18)36-24)37-45(42,43)16-28(40)38-8-4-5-9-38/h2-3,6-7,10-15,36-37H,4-5,8-9,16,33H2,1H3. The number of aryl methyl sites for hydroxylation is 1. The molecular formula is C30H27F2N7O5S. The van der Waals surface area contributed by atoms with Gasteiger partial charge in [-0.3, -0.25) is 14.3 Å². The molecule has 45 heavy (non-hydrogen) atoms. The number of nitrogens with zero attached hydrogens (tertiary/aromatic N) is 4. The first-order valence-electron chi connectivity index (χ1n) is 13.9. The number of H-pyrrole nitrogens is 1. The van der Waals surface area contributed by atoms with Crippen molar-refractivity contribution in [3.05, 3.63) is 89.4 Å². The normalized spacial score (nSPS) is 13.4. The van der Waals surface area contributed by atoms with E-state index in [9.17, 15) is 26.8 Å². The molecule has 0 bridgehead atoms. The van der Waals surface area contributed by atoms with E-state index in [1.54, 1.807) is 25.1 Å². The highest BCUT2D eigenvalue weighted by atomic mass is 32.2. The highest BCUT2D eigenvalue weighted by Gasteiger charge is 2.26. The van der Waals surface area contributed by atoms with Crippen molar-refractivity contribution in [2.24, 2.45) is 0 Å². The fourth-order valence-corrected chi connectivity index (χ4v) is 6.16. The number of ketones is 1. The third-order valence-corrected chi connectivity index (χ3v) is 8.54. The van der Waals surface area contributed by atoms with Crippen LogP contribution in [-0.2, 0) is 14.8 Å². The maximum atomic E-state index is 14.9. The minimum absolute atomic E-state index is 0.00799. The Kier molecular flexibility index (Phi) is 7.70.